The number of nitrogens with zero attached hydrogens (tertiary/aromatic N) is 9. The summed E-state index contributed by atoms with van der Waals surface area (Å²) in [6.07, 6.45) is 0. The topological polar surface area (TPSA) is 129 Å². The van der Waals surface area contributed by atoms with Crippen LogP contribution in [-0.2, 0) is 43.3 Å². The first kappa shape index (κ1) is 62.0. The lowest BCUT2D eigenvalue weighted by atomic mass is 9.75. The number of hydrogen-bond acceptors (Lipinski definition) is 12. The number of pyridine rings is 1. The maximum atomic E-state index is 5.05. The van der Waals surface area contributed by atoms with Crippen molar-refractivity contribution in [3.63, 3.8) is 0 Å². The minimum Gasteiger partial charge on any atom is -0.255 e. The summed E-state index contributed by atoms with van der Waals surface area (Å²) in [5, 5.41) is 8.35. The summed E-state index contributed by atoms with van der Waals surface area (Å²) in [6.45, 7) is 67.9. The van der Waals surface area contributed by atoms with E-state index in [1.807, 2.05) is 39.0 Å². The van der Waals surface area contributed by atoms with Crippen molar-refractivity contribution in [2.24, 2.45) is 0 Å². The van der Waals surface area contributed by atoms with E-state index in [0.717, 1.165) is 78.3 Å². The molecule has 76 heavy (non-hydrogen) atoms. The molecule has 0 amide bonds. The molecular weight excluding hydrogens is 975 g/mol. The summed E-state index contributed by atoms with van der Waals surface area (Å²) >= 11 is 3.16. The summed E-state index contributed by atoms with van der Waals surface area (Å²) < 4.78 is 14.0. The number of benzene rings is 2. The van der Waals surface area contributed by atoms with E-state index in [2.05, 4.69) is 218 Å². The van der Waals surface area contributed by atoms with E-state index in [1.165, 1.54) is 60.4 Å². The molecule has 0 aliphatic heterocycles. The molecule has 0 aliphatic carbocycles. The minimum absolute atomic E-state index is 0.00478. The van der Waals surface area contributed by atoms with E-state index in [4.69, 9.17) is 29.5 Å². The molecule has 6 aromatic heterocycles. The van der Waals surface area contributed by atoms with Crippen LogP contribution in [0, 0.1) is 48.5 Å². The predicted molar refractivity (Wildman–Crippen MR) is 327 cm³/mol. The van der Waals surface area contributed by atoms with Gasteiger partial charge in [-0.25, -0.2) is 24.6 Å². The van der Waals surface area contributed by atoms with Gasteiger partial charge in [-0.15, -0.1) is 11.3 Å². The van der Waals surface area contributed by atoms with Gasteiger partial charge in [0.15, 0.2) is 0 Å². The molecular formula is C64H95N9OS2. The second-order valence-corrected chi connectivity index (χ2v) is 31.0. The molecule has 0 unspecified atom stereocenters. The van der Waals surface area contributed by atoms with Gasteiger partial charge < -0.3 is 0 Å². The normalized spacial score (nSPS) is 13.2. The fraction of sp³-hybridized carbons (Fsp3) is 0.609. The Morgan fingerprint density at radius 2 is 0.645 bits per heavy atom. The first-order valence-electron chi connectivity index (χ1n) is 27.2. The second-order valence-electron chi connectivity index (χ2n) is 29.4. The molecule has 8 rings (SSSR count). The third-order valence-electron chi connectivity index (χ3n) is 14.0. The largest absolute Gasteiger partial charge is 0.255 e. The molecule has 0 aliphatic rings. The number of hydrogen-bond donors (Lipinski definition) is 0. The minimum atomic E-state index is -0.00478. The predicted octanol–water partition coefficient (Wildman–Crippen LogP) is 18.2. The number of aromatic nitrogens is 9. The summed E-state index contributed by atoms with van der Waals surface area (Å²) in [5.74, 6) is 0. The highest BCUT2D eigenvalue weighted by atomic mass is 32.1. The zero-order chi connectivity index (χ0) is 58.2. The lowest BCUT2D eigenvalue weighted by Crippen LogP contribution is -2.20. The molecule has 0 N–H and O–H groups in total. The van der Waals surface area contributed by atoms with Gasteiger partial charge in [-0.1, -0.05) is 178 Å². The van der Waals surface area contributed by atoms with Crippen LogP contribution in [0.15, 0.2) is 16.8 Å². The highest BCUT2D eigenvalue weighted by Gasteiger charge is 2.33. The highest BCUT2D eigenvalue weighted by molar-refractivity contribution is 7.14. The van der Waals surface area contributed by atoms with Crippen LogP contribution in [0.2, 0.25) is 0 Å². The molecule has 12 heteroatoms. The Labute approximate surface area is 466 Å². The molecule has 6 heterocycles. The van der Waals surface area contributed by atoms with Gasteiger partial charge in [0.05, 0.1) is 51.2 Å². The molecule has 0 saturated carbocycles. The molecule has 0 saturated heterocycles. The Kier molecular flexibility index (Phi) is 17.2. The van der Waals surface area contributed by atoms with Crippen LogP contribution >= 0.6 is 23.1 Å². The average Bonchev–Trinajstić information content (AvgIpc) is 3.98. The van der Waals surface area contributed by atoms with Crippen molar-refractivity contribution in [2.45, 2.75) is 258 Å². The Bertz CT molecular complexity index is 3240. The van der Waals surface area contributed by atoms with Crippen molar-refractivity contribution in [3.8, 4) is 0 Å². The first-order valence-corrected chi connectivity index (χ1v) is 28.7. The number of aryl methyl sites for hydroxylation is 5. The SMILES string of the molecule is Cc1c(C)c(C(C)(C)C)c2nonc2c1C(C)(C)C.Cc1nc(C(C)(C)C)c2nsnc2c1C(C)(C)C.Cc1nc2c(C(C)(C)C)ccc(C(C)(C)C)c2nc1C.Cc1nc2c(C(C)(C)C)sc(C(C)(C)C)c2nc1C. The van der Waals surface area contributed by atoms with Crippen LogP contribution in [0.4, 0.5) is 0 Å². The van der Waals surface area contributed by atoms with Crippen LogP contribution in [0.5, 0.6) is 0 Å². The zero-order valence-electron chi connectivity index (χ0n) is 52.9. The Morgan fingerprint density at radius 3 is 0.947 bits per heavy atom. The monoisotopic (exact) mass is 1070 g/mol. The molecule has 8 aromatic rings. The van der Waals surface area contributed by atoms with Crippen LogP contribution in [0.1, 0.15) is 249 Å². The van der Waals surface area contributed by atoms with Crippen molar-refractivity contribution in [1.82, 2.24) is 44.0 Å². The van der Waals surface area contributed by atoms with Crippen molar-refractivity contribution in [2.75, 3.05) is 0 Å². The van der Waals surface area contributed by atoms with Crippen LogP contribution in [0.25, 0.3) is 44.1 Å². The Hall–Kier alpha value is -4.81. The smallest absolute Gasteiger partial charge is 0.139 e. The fourth-order valence-corrected chi connectivity index (χ4v) is 12.0. The molecule has 0 fully saturated rings. The van der Waals surface area contributed by atoms with Gasteiger partial charge >= 0.3 is 0 Å². The molecule has 0 atom stereocenters. The number of rotatable bonds is 0. The number of fused-ring (bicyclic) bond motifs is 4. The summed E-state index contributed by atoms with van der Waals surface area (Å²) in [5.41, 5.74) is 23.8. The lowest BCUT2D eigenvalue weighted by Gasteiger charge is -2.28. The van der Waals surface area contributed by atoms with Gasteiger partial charge in [-0.3, -0.25) is 4.98 Å². The van der Waals surface area contributed by atoms with Gasteiger partial charge in [0, 0.05) is 26.4 Å². The Balaban J connectivity index is 0.000000187. The number of thiophene rings is 1. The molecule has 0 radical (unpaired) electrons. The zero-order valence-corrected chi connectivity index (χ0v) is 54.5. The molecule has 0 spiro atoms. The van der Waals surface area contributed by atoms with E-state index in [-0.39, 0.29) is 43.3 Å². The van der Waals surface area contributed by atoms with E-state index in [9.17, 15) is 0 Å². The van der Waals surface area contributed by atoms with Crippen molar-refractivity contribution in [3.05, 3.63) is 95.0 Å². The second kappa shape index (κ2) is 21.1. The Morgan fingerprint density at radius 1 is 0.316 bits per heavy atom. The maximum Gasteiger partial charge on any atom is 0.139 e. The molecule has 414 valence electrons. The van der Waals surface area contributed by atoms with E-state index in [1.54, 1.807) is 0 Å². The third-order valence-corrected chi connectivity index (χ3v) is 16.5. The van der Waals surface area contributed by atoms with Crippen LogP contribution in [-0.4, -0.2) is 44.0 Å². The van der Waals surface area contributed by atoms with Crippen molar-refractivity contribution < 1.29 is 4.63 Å². The summed E-state index contributed by atoms with van der Waals surface area (Å²) in [4.78, 5) is 26.9. The van der Waals surface area contributed by atoms with Gasteiger partial charge in [-0.2, -0.15) is 8.75 Å². The van der Waals surface area contributed by atoms with E-state index < -0.39 is 0 Å². The molecule has 0 bridgehead atoms. The van der Waals surface area contributed by atoms with Gasteiger partial charge in [0.2, 0.25) is 0 Å². The van der Waals surface area contributed by atoms with Crippen molar-refractivity contribution in [1.29, 1.82) is 0 Å². The van der Waals surface area contributed by atoms with Gasteiger partial charge in [0.25, 0.3) is 0 Å². The fourth-order valence-electron chi connectivity index (χ4n) is 10.1. The van der Waals surface area contributed by atoms with E-state index >= 15 is 0 Å². The van der Waals surface area contributed by atoms with Crippen molar-refractivity contribution >= 4 is 67.2 Å². The van der Waals surface area contributed by atoms with Crippen LogP contribution < -0.4 is 0 Å². The summed E-state index contributed by atoms with van der Waals surface area (Å²) in [6, 6.07) is 4.46. The van der Waals surface area contributed by atoms with Gasteiger partial charge in [-0.05, 0) is 130 Å². The molecule has 10 nitrogen and oxygen atoms in total. The average molecular weight is 1070 g/mol. The third kappa shape index (κ3) is 13.2. The maximum absolute atomic E-state index is 5.05. The standard InChI is InChI=1S/C18H26N2.C16H24N2O.C16H24N2S.C14H21N3S/c1-11-12(2)20-16-14(18(6,7)8)10-9-13(15(16)19-11)17(3,4)5;1-9-10(2)12(16(6,7)8)14-13(17-19-18-14)11(9)15(3,4)5;1-9-10(2)18-12-11(17-9)13(15(3,4)5)19-14(12)16(6,7)8;1-8-9(13(2,3)4)10-11(17-18-16-10)12(15-8)14(5,6)7/h9-10H,1-8H3;2*1-8H3;1-7H3. The first-order chi connectivity index (χ1) is 34.2. The quantitative estimate of drug-likeness (QED) is 0.145. The van der Waals surface area contributed by atoms with E-state index in [0.29, 0.717) is 0 Å². The highest BCUT2D eigenvalue weighted by Crippen LogP contribution is 2.44. The van der Waals surface area contributed by atoms with Gasteiger partial charge in [0.1, 0.15) is 33.1 Å². The summed E-state index contributed by atoms with van der Waals surface area (Å²) in [7, 11) is 0. The lowest BCUT2D eigenvalue weighted by molar-refractivity contribution is 0.314. The molecule has 2 aromatic carbocycles. The van der Waals surface area contributed by atoms with Crippen LogP contribution in [0.3, 0.4) is 0 Å².